The van der Waals surface area contributed by atoms with Gasteiger partial charge in [0.05, 0.1) is 18.2 Å². The highest BCUT2D eigenvalue weighted by molar-refractivity contribution is 5.97. The van der Waals surface area contributed by atoms with Crippen LogP contribution in [0.4, 0.5) is 0 Å². The monoisotopic (exact) mass is 229 g/mol. The molecule has 1 aromatic rings. The first-order valence-corrected chi connectivity index (χ1v) is 5.70. The van der Waals surface area contributed by atoms with Gasteiger partial charge >= 0.3 is 0 Å². The van der Waals surface area contributed by atoms with E-state index < -0.39 is 0 Å². The number of benzene rings is 1. The zero-order valence-electron chi connectivity index (χ0n) is 9.60. The molecule has 0 radical (unpaired) electrons. The van der Waals surface area contributed by atoms with Crippen molar-refractivity contribution in [2.45, 2.75) is 12.5 Å². The molecule has 0 unspecified atom stereocenters. The first kappa shape index (κ1) is 11.8. The summed E-state index contributed by atoms with van der Waals surface area (Å²) in [4.78, 5) is 14.0. The van der Waals surface area contributed by atoms with E-state index in [9.17, 15) is 4.79 Å². The number of ketones is 1. The predicted molar refractivity (Wildman–Crippen MR) is 64.5 cm³/mol. The molecular weight excluding hydrogens is 214 g/mol. The molecule has 4 nitrogen and oxygen atoms in total. The first-order valence-electron chi connectivity index (χ1n) is 5.70. The van der Waals surface area contributed by atoms with E-state index in [-0.39, 0.29) is 11.8 Å². The Morgan fingerprint density at radius 3 is 2.71 bits per heavy atom. The number of rotatable bonds is 3. The van der Waals surface area contributed by atoms with E-state index in [0.717, 1.165) is 19.5 Å². The van der Waals surface area contributed by atoms with Crippen LogP contribution in [0, 0.1) is 11.3 Å². The van der Waals surface area contributed by atoms with Crippen molar-refractivity contribution in [3.05, 3.63) is 35.4 Å². The third-order valence-corrected chi connectivity index (χ3v) is 3.01. The summed E-state index contributed by atoms with van der Waals surface area (Å²) in [7, 11) is 0. The maximum absolute atomic E-state index is 11.9. The number of likely N-dealkylation sites (tertiary alicyclic amines) is 1. The molecule has 1 aromatic carbocycles. The molecule has 17 heavy (non-hydrogen) atoms. The van der Waals surface area contributed by atoms with E-state index in [1.165, 1.54) is 0 Å². The Balaban J connectivity index is 1.97. The highest BCUT2D eigenvalue weighted by Crippen LogP contribution is 2.10. The molecule has 0 bridgehead atoms. The third-order valence-electron chi connectivity index (χ3n) is 3.01. The number of nitriles is 1. The Hall–Kier alpha value is -1.70. The molecule has 1 aliphatic heterocycles. The van der Waals surface area contributed by atoms with Gasteiger partial charge in [0, 0.05) is 24.7 Å². The van der Waals surface area contributed by atoms with Crippen LogP contribution in [0.3, 0.4) is 0 Å². The Labute approximate surface area is 101 Å². The number of carbonyl (C=O) groups is 1. The average Bonchev–Trinajstić information content (AvgIpc) is 2.75. The highest BCUT2D eigenvalue weighted by Gasteiger charge is 2.21. The van der Waals surface area contributed by atoms with Crippen LogP contribution >= 0.6 is 0 Å². The Kier molecular flexibility index (Phi) is 3.52. The molecule has 0 spiro atoms. The van der Waals surface area contributed by atoms with Crippen LogP contribution in [-0.2, 0) is 0 Å². The van der Waals surface area contributed by atoms with Crippen LogP contribution in [0.5, 0.6) is 0 Å². The molecular formula is C13H15N3O. The molecule has 1 atom stereocenters. The zero-order valence-corrected chi connectivity index (χ0v) is 9.60. The number of hydrogen-bond donors (Lipinski definition) is 1. The fourth-order valence-corrected chi connectivity index (χ4v) is 2.03. The molecule has 1 heterocycles. The summed E-state index contributed by atoms with van der Waals surface area (Å²) < 4.78 is 0. The van der Waals surface area contributed by atoms with Crippen LogP contribution in [0.15, 0.2) is 24.3 Å². The number of carbonyl (C=O) groups excluding carboxylic acids is 1. The molecule has 2 rings (SSSR count). The summed E-state index contributed by atoms with van der Waals surface area (Å²) in [5.41, 5.74) is 7.02. The van der Waals surface area contributed by atoms with Crippen molar-refractivity contribution >= 4 is 5.78 Å². The van der Waals surface area contributed by atoms with Crippen molar-refractivity contribution in [3.63, 3.8) is 0 Å². The van der Waals surface area contributed by atoms with Gasteiger partial charge in [-0.05, 0) is 18.6 Å². The van der Waals surface area contributed by atoms with Crippen molar-refractivity contribution in [2.75, 3.05) is 19.6 Å². The smallest absolute Gasteiger partial charge is 0.176 e. The van der Waals surface area contributed by atoms with Gasteiger partial charge in [-0.1, -0.05) is 12.1 Å². The van der Waals surface area contributed by atoms with Crippen molar-refractivity contribution < 1.29 is 4.79 Å². The fraction of sp³-hybridized carbons (Fsp3) is 0.385. The van der Waals surface area contributed by atoms with Gasteiger partial charge in [0.25, 0.3) is 0 Å². The number of hydrogen-bond acceptors (Lipinski definition) is 4. The van der Waals surface area contributed by atoms with Crippen molar-refractivity contribution in [2.24, 2.45) is 5.73 Å². The topological polar surface area (TPSA) is 70.1 Å². The lowest BCUT2D eigenvalue weighted by atomic mass is 10.1. The van der Waals surface area contributed by atoms with Gasteiger partial charge < -0.3 is 5.73 Å². The number of nitrogens with two attached hydrogens (primary N) is 1. The standard InChI is InChI=1S/C13H15N3O/c14-7-10-1-3-11(4-2-10)13(17)9-16-6-5-12(15)8-16/h1-4,12H,5-6,8-9,15H2/t12-/m1/s1. The Bertz CT molecular complexity index is 447. The minimum atomic E-state index is 0.0867. The first-order chi connectivity index (χ1) is 8.19. The molecule has 1 fully saturated rings. The minimum absolute atomic E-state index is 0.0867. The lowest BCUT2D eigenvalue weighted by Gasteiger charge is -2.13. The fourth-order valence-electron chi connectivity index (χ4n) is 2.03. The Morgan fingerprint density at radius 2 is 2.18 bits per heavy atom. The van der Waals surface area contributed by atoms with Crippen LogP contribution in [0.25, 0.3) is 0 Å². The molecule has 4 heteroatoms. The maximum atomic E-state index is 11.9. The third kappa shape index (κ3) is 2.90. The molecule has 1 aliphatic rings. The van der Waals surface area contributed by atoms with Crippen molar-refractivity contribution in [1.82, 2.24) is 4.90 Å². The van der Waals surface area contributed by atoms with Crippen LogP contribution in [0.2, 0.25) is 0 Å². The quantitative estimate of drug-likeness (QED) is 0.777. The largest absolute Gasteiger partial charge is 0.326 e. The summed E-state index contributed by atoms with van der Waals surface area (Å²) in [5, 5.41) is 8.67. The summed E-state index contributed by atoms with van der Waals surface area (Å²) in [5.74, 6) is 0.0867. The second-order valence-corrected chi connectivity index (χ2v) is 4.40. The van der Waals surface area contributed by atoms with Gasteiger partial charge in [0.1, 0.15) is 0 Å². The number of Topliss-reactive ketones (excluding diaryl/α,β-unsaturated/α-hetero) is 1. The molecule has 2 N–H and O–H groups in total. The second kappa shape index (κ2) is 5.09. The zero-order chi connectivity index (χ0) is 12.3. The molecule has 0 amide bonds. The second-order valence-electron chi connectivity index (χ2n) is 4.40. The normalized spacial score (nSPS) is 20.1. The Morgan fingerprint density at radius 1 is 1.47 bits per heavy atom. The predicted octanol–water partition coefficient (Wildman–Crippen LogP) is 0.774. The number of nitrogens with zero attached hydrogens (tertiary/aromatic N) is 2. The maximum Gasteiger partial charge on any atom is 0.176 e. The van der Waals surface area contributed by atoms with E-state index in [1.54, 1.807) is 24.3 Å². The summed E-state index contributed by atoms with van der Waals surface area (Å²) in [6, 6.07) is 8.98. The molecule has 88 valence electrons. The summed E-state index contributed by atoms with van der Waals surface area (Å²) in [6.07, 6.45) is 0.959. The van der Waals surface area contributed by atoms with Crippen LogP contribution < -0.4 is 5.73 Å². The van der Waals surface area contributed by atoms with Gasteiger partial charge in [-0.3, -0.25) is 9.69 Å². The SMILES string of the molecule is N#Cc1ccc(C(=O)CN2CC[C@@H](N)C2)cc1. The van der Waals surface area contributed by atoms with E-state index >= 15 is 0 Å². The molecule has 0 aliphatic carbocycles. The lowest BCUT2D eigenvalue weighted by Crippen LogP contribution is -2.31. The van der Waals surface area contributed by atoms with Gasteiger partial charge in [0.15, 0.2) is 5.78 Å². The average molecular weight is 229 g/mol. The molecule has 1 saturated heterocycles. The molecule has 0 saturated carbocycles. The van der Waals surface area contributed by atoms with Gasteiger partial charge in [-0.2, -0.15) is 5.26 Å². The van der Waals surface area contributed by atoms with Gasteiger partial charge in [0.2, 0.25) is 0 Å². The van der Waals surface area contributed by atoms with Gasteiger partial charge in [-0.15, -0.1) is 0 Å². The van der Waals surface area contributed by atoms with Crippen molar-refractivity contribution in [3.8, 4) is 6.07 Å². The minimum Gasteiger partial charge on any atom is -0.326 e. The van der Waals surface area contributed by atoms with E-state index in [2.05, 4.69) is 4.90 Å². The van der Waals surface area contributed by atoms with E-state index in [1.807, 2.05) is 6.07 Å². The summed E-state index contributed by atoms with van der Waals surface area (Å²) in [6.45, 7) is 2.10. The van der Waals surface area contributed by atoms with E-state index in [4.69, 9.17) is 11.0 Å². The van der Waals surface area contributed by atoms with E-state index in [0.29, 0.717) is 17.7 Å². The van der Waals surface area contributed by atoms with Crippen LogP contribution in [-0.4, -0.2) is 36.4 Å². The lowest BCUT2D eigenvalue weighted by molar-refractivity contribution is 0.0945. The van der Waals surface area contributed by atoms with Crippen LogP contribution in [0.1, 0.15) is 22.3 Å². The highest BCUT2D eigenvalue weighted by atomic mass is 16.1. The van der Waals surface area contributed by atoms with Crippen molar-refractivity contribution in [1.29, 1.82) is 5.26 Å². The van der Waals surface area contributed by atoms with Gasteiger partial charge in [-0.25, -0.2) is 0 Å². The molecule has 0 aromatic heterocycles. The summed E-state index contributed by atoms with van der Waals surface area (Å²) >= 11 is 0.